The fraction of sp³-hybridized carbons (Fsp3) is 0.583. The molecule has 2 aromatic rings. The molecule has 0 spiro atoms. The highest BCUT2D eigenvalue weighted by molar-refractivity contribution is 5.87. The molecule has 0 radical (unpaired) electrons. The molecule has 0 aliphatic heterocycles. The SMILES string of the molecule is CCNc1nc(NCCCOC)nc2c1cnn2C.Cl. The number of halogens is 1. The van der Waals surface area contributed by atoms with Crippen LogP contribution in [0.1, 0.15) is 13.3 Å². The molecule has 0 aliphatic carbocycles. The van der Waals surface area contributed by atoms with Gasteiger partial charge < -0.3 is 15.4 Å². The number of hydrogen-bond acceptors (Lipinski definition) is 6. The summed E-state index contributed by atoms with van der Waals surface area (Å²) in [6.07, 6.45) is 2.70. The molecule has 20 heavy (non-hydrogen) atoms. The second-order valence-corrected chi connectivity index (χ2v) is 4.20. The van der Waals surface area contributed by atoms with Crippen molar-refractivity contribution in [1.82, 2.24) is 19.7 Å². The summed E-state index contributed by atoms with van der Waals surface area (Å²) in [4.78, 5) is 8.95. The van der Waals surface area contributed by atoms with Gasteiger partial charge in [-0.15, -0.1) is 12.4 Å². The molecule has 2 heterocycles. The maximum atomic E-state index is 5.01. The number of anilines is 2. The summed E-state index contributed by atoms with van der Waals surface area (Å²) in [5.41, 5.74) is 0.820. The molecule has 0 saturated heterocycles. The van der Waals surface area contributed by atoms with E-state index in [0.29, 0.717) is 5.95 Å². The van der Waals surface area contributed by atoms with Crippen LogP contribution in [0.25, 0.3) is 11.0 Å². The van der Waals surface area contributed by atoms with Crippen LogP contribution >= 0.6 is 12.4 Å². The summed E-state index contributed by atoms with van der Waals surface area (Å²) < 4.78 is 6.76. The number of rotatable bonds is 7. The molecule has 0 aliphatic rings. The summed E-state index contributed by atoms with van der Waals surface area (Å²) >= 11 is 0. The average Bonchev–Trinajstić information content (AvgIpc) is 2.78. The Morgan fingerprint density at radius 1 is 1.30 bits per heavy atom. The van der Waals surface area contributed by atoms with Crippen LogP contribution in [0.2, 0.25) is 0 Å². The number of nitrogens with one attached hydrogen (secondary N) is 2. The minimum Gasteiger partial charge on any atom is -0.385 e. The predicted molar refractivity (Wildman–Crippen MR) is 82.7 cm³/mol. The maximum Gasteiger partial charge on any atom is 0.226 e. The zero-order valence-corrected chi connectivity index (χ0v) is 12.8. The van der Waals surface area contributed by atoms with Gasteiger partial charge in [-0.25, -0.2) is 0 Å². The van der Waals surface area contributed by atoms with E-state index >= 15 is 0 Å². The van der Waals surface area contributed by atoms with Crippen LogP contribution in [0.15, 0.2) is 6.20 Å². The van der Waals surface area contributed by atoms with Crippen molar-refractivity contribution < 1.29 is 4.74 Å². The molecule has 0 amide bonds. The Kier molecular flexibility index (Phi) is 6.47. The summed E-state index contributed by atoms with van der Waals surface area (Å²) in [6, 6.07) is 0. The molecule has 0 saturated carbocycles. The largest absolute Gasteiger partial charge is 0.385 e. The third kappa shape index (κ3) is 3.71. The minimum atomic E-state index is 0. The van der Waals surface area contributed by atoms with E-state index in [-0.39, 0.29) is 12.4 Å². The second-order valence-electron chi connectivity index (χ2n) is 4.20. The Bertz CT molecular complexity index is 544. The van der Waals surface area contributed by atoms with E-state index in [4.69, 9.17) is 4.74 Å². The maximum absolute atomic E-state index is 5.01. The van der Waals surface area contributed by atoms with Crippen molar-refractivity contribution >= 4 is 35.2 Å². The van der Waals surface area contributed by atoms with Gasteiger partial charge in [0.25, 0.3) is 0 Å². The van der Waals surface area contributed by atoms with Crippen molar-refractivity contribution in [1.29, 1.82) is 0 Å². The molecule has 8 heteroatoms. The van der Waals surface area contributed by atoms with Gasteiger partial charge >= 0.3 is 0 Å². The van der Waals surface area contributed by atoms with Gasteiger partial charge in [-0.05, 0) is 13.3 Å². The van der Waals surface area contributed by atoms with E-state index in [9.17, 15) is 0 Å². The molecular weight excluding hydrogens is 280 g/mol. The topological polar surface area (TPSA) is 76.9 Å². The number of hydrogen-bond donors (Lipinski definition) is 2. The molecule has 7 nitrogen and oxygen atoms in total. The lowest BCUT2D eigenvalue weighted by molar-refractivity contribution is 0.197. The molecule has 2 rings (SSSR count). The van der Waals surface area contributed by atoms with Crippen LogP contribution < -0.4 is 10.6 Å². The highest BCUT2D eigenvalue weighted by atomic mass is 35.5. The lowest BCUT2D eigenvalue weighted by atomic mass is 10.4. The minimum absolute atomic E-state index is 0. The number of aryl methyl sites for hydroxylation is 1. The highest BCUT2D eigenvalue weighted by Crippen LogP contribution is 2.20. The zero-order valence-electron chi connectivity index (χ0n) is 12.0. The van der Waals surface area contributed by atoms with Crippen LogP contribution in [0.3, 0.4) is 0 Å². The molecule has 0 fully saturated rings. The number of fused-ring (bicyclic) bond motifs is 1. The second kappa shape index (κ2) is 7.86. The molecule has 0 aromatic carbocycles. The monoisotopic (exact) mass is 300 g/mol. The highest BCUT2D eigenvalue weighted by Gasteiger charge is 2.10. The third-order valence-corrected chi connectivity index (χ3v) is 2.74. The van der Waals surface area contributed by atoms with E-state index < -0.39 is 0 Å². The average molecular weight is 301 g/mol. The third-order valence-electron chi connectivity index (χ3n) is 2.74. The fourth-order valence-electron chi connectivity index (χ4n) is 1.82. The smallest absolute Gasteiger partial charge is 0.226 e. The van der Waals surface area contributed by atoms with Gasteiger partial charge in [0.2, 0.25) is 5.95 Å². The number of ether oxygens (including phenoxy) is 1. The Morgan fingerprint density at radius 3 is 2.80 bits per heavy atom. The molecule has 0 bridgehead atoms. The first-order chi connectivity index (χ1) is 9.26. The molecule has 2 aromatic heterocycles. The van der Waals surface area contributed by atoms with Gasteiger partial charge in [-0.3, -0.25) is 4.68 Å². The van der Waals surface area contributed by atoms with Gasteiger partial charge in [-0.2, -0.15) is 15.1 Å². The molecular formula is C12H21ClN6O. The molecule has 0 unspecified atom stereocenters. The first-order valence-corrected chi connectivity index (χ1v) is 6.42. The van der Waals surface area contributed by atoms with Crippen LogP contribution in [-0.4, -0.2) is 46.6 Å². The number of nitrogens with zero attached hydrogens (tertiary/aromatic N) is 4. The Labute approximate surface area is 124 Å². The van der Waals surface area contributed by atoms with Crippen LogP contribution in [0, 0.1) is 0 Å². The van der Waals surface area contributed by atoms with E-state index in [2.05, 4.69) is 25.7 Å². The Hall–Kier alpha value is -1.60. The van der Waals surface area contributed by atoms with E-state index in [0.717, 1.165) is 43.0 Å². The number of methoxy groups -OCH3 is 1. The molecule has 0 atom stereocenters. The van der Waals surface area contributed by atoms with Crippen LogP contribution in [0.5, 0.6) is 0 Å². The first-order valence-electron chi connectivity index (χ1n) is 6.42. The Balaban J connectivity index is 0.00000200. The van der Waals surface area contributed by atoms with E-state index in [1.165, 1.54) is 0 Å². The van der Waals surface area contributed by atoms with Crippen molar-refractivity contribution in [2.45, 2.75) is 13.3 Å². The quantitative estimate of drug-likeness (QED) is 0.758. The summed E-state index contributed by atoms with van der Waals surface area (Å²) in [5.74, 6) is 1.43. The van der Waals surface area contributed by atoms with Crippen molar-refractivity contribution in [3.63, 3.8) is 0 Å². The Morgan fingerprint density at radius 2 is 2.10 bits per heavy atom. The first kappa shape index (κ1) is 16.5. The van der Waals surface area contributed by atoms with Gasteiger partial charge in [0, 0.05) is 33.9 Å². The van der Waals surface area contributed by atoms with E-state index in [1.807, 2.05) is 14.0 Å². The van der Waals surface area contributed by atoms with E-state index in [1.54, 1.807) is 18.0 Å². The summed E-state index contributed by atoms with van der Waals surface area (Å²) in [7, 11) is 3.57. The van der Waals surface area contributed by atoms with Crippen molar-refractivity contribution in [3.05, 3.63) is 6.20 Å². The van der Waals surface area contributed by atoms with Crippen molar-refractivity contribution in [2.75, 3.05) is 37.4 Å². The summed E-state index contributed by atoms with van der Waals surface area (Å²) in [6.45, 7) is 4.35. The van der Waals surface area contributed by atoms with Crippen LogP contribution in [0.4, 0.5) is 11.8 Å². The fourth-order valence-corrected chi connectivity index (χ4v) is 1.82. The van der Waals surface area contributed by atoms with Gasteiger partial charge in [0.15, 0.2) is 5.65 Å². The van der Waals surface area contributed by atoms with Gasteiger partial charge in [0.1, 0.15) is 5.82 Å². The lowest BCUT2D eigenvalue weighted by Gasteiger charge is -2.08. The van der Waals surface area contributed by atoms with Gasteiger partial charge in [0.05, 0.1) is 11.6 Å². The summed E-state index contributed by atoms with van der Waals surface area (Å²) in [5, 5.41) is 11.6. The van der Waals surface area contributed by atoms with Gasteiger partial charge in [-0.1, -0.05) is 0 Å². The zero-order chi connectivity index (χ0) is 13.7. The van der Waals surface area contributed by atoms with Crippen molar-refractivity contribution in [2.24, 2.45) is 7.05 Å². The van der Waals surface area contributed by atoms with Crippen LogP contribution in [-0.2, 0) is 11.8 Å². The van der Waals surface area contributed by atoms with Crippen molar-refractivity contribution in [3.8, 4) is 0 Å². The standard InChI is InChI=1S/C12H20N6O.ClH/c1-4-13-10-9-8-15-18(2)11(9)17-12(16-10)14-6-5-7-19-3;/h8H,4-7H2,1-3H3,(H2,13,14,16,17);1H. The predicted octanol–water partition coefficient (Wildman–Crippen LogP) is 1.67. The molecule has 112 valence electrons. The number of aromatic nitrogens is 4. The molecule has 2 N–H and O–H groups in total. The lowest BCUT2D eigenvalue weighted by Crippen LogP contribution is -2.10. The normalized spacial score (nSPS) is 10.3.